The van der Waals surface area contributed by atoms with Gasteiger partial charge >= 0.3 is 0 Å². The second-order valence-corrected chi connectivity index (χ2v) is 6.60. The van der Waals surface area contributed by atoms with Gasteiger partial charge < -0.3 is 14.2 Å². The van der Waals surface area contributed by atoms with Gasteiger partial charge in [-0.1, -0.05) is 12.1 Å². The Morgan fingerprint density at radius 3 is 2.83 bits per heavy atom. The Hall–Kier alpha value is -2.33. The lowest BCUT2D eigenvalue weighted by atomic mass is 9.94. The number of carbonyl (C=O) groups is 1. The summed E-state index contributed by atoms with van der Waals surface area (Å²) in [6.07, 6.45) is 2.27. The topological polar surface area (TPSA) is 48.1 Å². The molecule has 0 amide bonds. The molecule has 0 N–H and O–H groups in total. The van der Waals surface area contributed by atoms with E-state index >= 15 is 0 Å². The molecular weight excluding hydrogens is 304 g/mol. The molecule has 124 valence electrons. The molecule has 2 aliphatic rings. The van der Waals surface area contributed by atoms with Crippen molar-refractivity contribution >= 4 is 5.78 Å². The molecule has 2 aromatic carbocycles. The minimum atomic E-state index is -0.363. The van der Waals surface area contributed by atoms with Crippen molar-refractivity contribution in [2.45, 2.75) is 37.9 Å². The molecule has 2 aliphatic heterocycles. The van der Waals surface area contributed by atoms with Crippen LogP contribution in [0.4, 0.5) is 0 Å². The summed E-state index contributed by atoms with van der Waals surface area (Å²) >= 11 is 0. The molecule has 4 nitrogen and oxygen atoms in total. The number of rotatable bonds is 1. The van der Waals surface area contributed by atoms with Gasteiger partial charge in [0.05, 0.1) is 12.7 Å². The van der Waals surface area contributed by atoms with Gasteiger partial charge in [-0.2, -0.15) is 0 Å². The first kappa shape index (κ1) is 15.2. The van der Waals surface area contributed by atoms with Gasteiger partial charge in [0.15, 0.2) is 5.78 Å². The van der Waals surface area contributed by atoms with E-state index in [1.165, 1.54) is 0 Å². The van der Waals surface area contributed by atoms with Gasteiger partial charge in [0, 0.05) is 0 Å². The summed E-state index contributed by atoms with van der Waals surface area (Å²) in [7, 11) is 1.66. The average Bonchev–Trinajstić information content (AvgIpc) is 3.27. The van der Waals surface area contributed by atoms with E-state index in [9.17, 15) is 4.79 Å². The maximum Gasteiger partial charge on any atom is 0.198 e. The van der Waals surface area contributed by atoms with E-state index in [0.717, 1.165) is 36.3 Å². The predicted molar refractivity (Wildman–Crippen MR) is 90.1 cm³/mol. The van der Waals surface area contributed by atoms with E-state index in [0.29, 0.717) is 11.3 Å². The third-order valence-electron chi connectivity index (χ3n) is 4.88. The number of Topliss-reactive ketones (excluding diaryl/α,β-unsaturated/α-hetero) is 1. The number of epoxide rings is 1. The van der Waals surface area contributed by atoms with Crippen molar-refractivity contribution in [1.82, 2.24) is 0 Å². The van der Waals surface area contributed by atoms with E-state index in [1.807, 2.05) is 43.3 Å². The maximum atomic E-state index is 12.8. The van der Waals surface area contributed by atoms with Gasteiger partial charge in [0.2, 0.25) is 0 Å². The highest BCUT2D eigenvalue weighted by atomic mass is 16.6. The fourth-order valence-corrected chi connectivity index (χ4v) is 3.38. The zero-order valence-electron chi connectivity index (χ0n) is 13.9. The third kappa shape index (κ3) is 2.57. The van der Waals surface area contributed by atoms with Crippen LogP contribution < -0.4 is 9.47 Å². The molecule has 2 aromatic rings. The highest BCUT2D eigenvalue weighted by Gasteiger charge is 2.56. The van der Waals surface area contributed by atoms with Crippen LogP contribution in [0.3, 0.4) is 0 Å². The Kier molecular flexibility index (Phi) is 3.57. The van der Waals surface area contributed by atoms with Crippen molar-refractivity contribution in [2.75, 3.05) is 7.11 Å². The minimum absolute atomic E-state index is 0.00469. The smallest absolute Gasteiger partial charge is 0.198 e. The summed E-state index contributed by atoms with van der Waals surface area (Å²) in [6, 6.07) is 13.2. The van der Waals surface area contributed by atoms with Crippen molar-refractivity contribution in [1.29, 1.82) is 0 Å². The summed E-state index contributed by atoms with van der Waals surface area (Å²) in [5, 5.41) is 0. The van der Waals surface area contributed by atoms with Crippen LogP contribution in [0.2, 0.25) is 0 Å². The molecule has 4 rings (SSSR count). The molecule has 1 saturated heterocycles. The lowest BCUT2D eigenvalue weighted by Gasteiger charge is -2.14. The number of aryl methyl sites for hydroxylation is 1. The molecule has 4 heteroatoms. The molecule has 0 bridgehead atoms. The van der Waals surface area contributed by atoms with Crippen molar-refractivity contribution < 1.29 is 19.0 Å². The first-order chi connectivity index (χ1) is 11.6. The summed E-state index contributed by atoms with van der Waals surface area (Å²) in [5.41, 5.74) is 1.31. The van der Waals surface area contributed by atoms with E-state index in [-0.39, 0.29) is 17.5 Å². The van der Waals surface area contributed by atoms with Gasteiger partial charge in [0.25, 0.3) is 0 Å². The third-order valence-corrected chi connectivity index (χ3v) is 4.88. The molecule has 0 aromatic heterocycles. The number of carbonyl (C=O) groups excluding carboxylic acids is 1. The Morgan fingerprint density at radius 2 is 2.00 bits per heavy atom. The lowest BCUT2D eigenvalue weighted by Crippen LogP contribution is -2.18. The molecule has 0 unspecified atom stereocenters. The van der Waals surface area contributed by atoms with Crippen LogP contribution in [0.5, 0.6) is 17.2 Å². The molecule has 2 heterocycles. The number of benzene rings is 2. The fraction of sp³-hybridized carbons (Fsp3) is 0.350. The van der Waals surface area contributed by atoms with E-state index in [4.69, 9.17) is 14.2 Å². The summed E-state index contributed by atoms with van der Waals surface area (Å²) in [4.78, 5) is 12.8. The van der Waals surface area contributed by atoms with Crippen LogP contribution >= 0.6 is 0 Å². The molecule has 0 spiro atoms. The van der Waals surface area contributed by atoms with Crippen LogP contribution in [-0.2, 0) is 11.2 Å². The number of ether oxygens (including phenoxy) is 3. The normalized spacial score (nSPS) is 25.4. The molecule has 0 saturated carbocycles. The van der Waals surface area contributed by atoms with Gasteiger partial charge in [-0.05, 0) is 62.1 Å². The van der Waals surface area contributed by atoms with Crippen LogP contribution in [0.15, 0.2) is 42.5 Å². The number of fused-ring (bicyclic) bond motifs is 3. The monoisotopic (exact) mass is 324 g/mol. The molecule has 2 atom stereocenters. The van der Waals surface area contributed by atoms with Crippen molar-refractivity contribution in [3.05, 3.63) is 53.6 Å². The van der Waals surface area contributed by atoms with E-state index in [1.54, 1.807) is 13.2 Å². The fourth-order valence-electron chi connectivity index (χ4n) is 3.38. The molecule has 0 aliphatic carbocycles. The minimum Gasteiger partial charge on any atom is -0.497 e. The van der Waals surface area contributed by atoms with Crippen LogP contribution in [0, 0.1) is 0 Å². The van der Waals surface area contributed by atoms with Gasteiger partial charge in [-0.25, -0.2) is 0 Å². The van der Waals surface area contributed by atoms with Gasteiger partial charge in [-0.15, -0.1) is 0 Å². The number of hydrogen-bond donors (Lipinski definition) is 0. The second kappa shape index (κ2) is 5.64. The zero-order valence-corrected chi connectivity index (χ0v) is 13.9. The van der Waals surface area contributed by atoms with Crippen LogP contribution in [0.25, 0.3) is 0 Å². The van der Waals surface area contributed by atoms with Crippen LogP contribution in [0.1, 0.15) is 35.7 Å². The second-order valence-electron chi connectivity index (χ2n) is 6.60. The SMILES string of the molecule is COc1ccc2c(c1)CCC[C@]1(C)O[C@@H]1C(=O)c1ccccc1O2. The van der Waals surface area contributed by atoms with Gasteiger partial charge in [0.1, 0.15) is 29.0 Å². The van der Waals surface area contributed by atoms with Crippen molar-refractivity contribution in [3.8, 4) is 17.2 Å². The highest BCUT2D eigenvalue weighted by Crippen LogP contribution is 2.45. The van der Waals surface area contributed by atoms with Crippen LogP contribution in [-0.4, -0.2) is 24.6 Å². The van der Waals surface area contributed by atoms with E-state index in [2.05, 4.69) is 0 Å². The Balaban J connectivity index is 1.79. The molecule has 24 heavy (non-hydrogen) atoms. The predicted octanol–water partition coefficient (Wildman–Crippen LogP) is 4.16. The maximum absolute atomic E-state index is 12.8. The first-order valence-electron chi connectivity index (χ1n) is 8.26. The summed E-state index contributed by atoms with van der Waals surface area (Å²) in [5.74, 6) is 2.17. The van der Waals surface area contributed by atoms with E-state index < -0.39 is 0 Å². The number of methoxy groups -OCH3 is 1. The lowest BCUT2D eigenvalue weighted by molar-refractivity contribution is 0.0951. The number of para-hydroxylation sites is 1. The first-order valence-corrected chi connectivity index (χ1v) is 8.26. The number of ketones is 1. The largest absolute Gasteiger partial charge is 0.497 e. The Morgan fingerprint density at radius 1 is 1.17 bits per heavy atom. The summed E-state index contributed by atoms with van der Waals surface area (Å²) in [6.45, 7) is 2.02. The molecular formula is C20H20O4. The average molecular weight is 324 g/mol. The quantitative estimate of drug-likeness (QED) is 0.739. The zero-order chi connectivity index (χ0) is 16.7. The molecule has 0 radical (unpaired) electrons. The van der Waals surface area contributed by atoms with Crippen molar-refractivity contribution in [3.63, 3.8) is 0 Å². The van der Waals surface area contributed by atoms with Crippen molar-refractivity contribution in [2.24, 2.45) is 0 Å². The number of hydrogen-bond acceptors (Lipinski definition) is 4. The highest BCUT2D eigenvalue weighted by molar-refractivity contribution is 6.04. The Labute approximate surface area is 141 Å². The van der Waals surface area contributed by atoms with Gasteiger partial charge in [-0.3, -0.25) is 4.79 Å². The summed E-state index contributed by atoms with van der Waals surface area (Å²) < 4.78 is 17.2. The standard InChI is InChI=1S/C20H20O4/c1-20-11-5-6-13-12-14(22-2)9-10-16(13)23-17-8-4-3-7-15(17)18(21)19(20)24-20/h3-4,7-10,12,19H,5-6,11H2,1-2H3/t19-,20+/m1/s1. The molecule has 1 fully saturated rings. The Bertz CT molecular complexity index is 798.